The number of rotatable bonds is 3. The van der Waals surface area contributed by atoms with Crippen molar-refractivity contribution in [2.45, 2.75) is 39.2 Å². The molecule has 0 bridgehead atoms. The molecule has 0 radical (unpaired) electrons. The zero-order chi connectivity index (χ0) is 15.1. The first-order valence-electron chi connectivity index (χ1n) is 7.96. The molecule has 0 aromatic carbocycles. The van der Waals surface area contributed by atoms with Crippen LogP contribution in [0, 0.1) is 18.8 Å². The van der Waals surface area contributed by atoms with Crippen LogP contribution in [0.4, 0.5) is 0 Å². The Bertz CT molecular complexity index is 820. The maximum Gasteiger partial charge on any atom is 0.158 e. The van der Waals surface area contributed by atoms with Crippen molar-refractivity contribution >= 4 is 12.2 Å². The molecule has 0 aliphatic heterocycles. The van der Waals surface area contributed by atoms with Gasteiger partial charge in [-0.1, -0.05) is 18.6 Å². The van der Waals surface area contributed by atoms with Crippen molar-refractivity contribution in [3.63, 3.8) is 0 Å². The third kappa shape index (κ3) is 2.25. The highest BCUT2D eigenvalue weighted by atomic mass is 16.3. The van der Waals surface area contributed by atoms with Crippen LogP contribution in [0.2, 0.25) is 0 Å². The summed E-state index contributed by atoms with van der Waals surface area (Å²) >= 11 is 0. The maximum absolute atomic E-state index is 9.34. The van der Waals surface area contributed by atoms with Gasteiger partial charge in [0.05, 0.1) is 23.8 Å². The summed E-state index contributed by atoms with van der Waals surface area (Å²) in [7, 11) is 0. The highest BCUT2D eigenvalue weighted by Gasteiger charge is 2.26. The van der Waals surface area contributed by atoms with Crippen LogP contribution in [-0.2, 0) is 6.61 Å². The molecule has 22 heavy (non-hydrogen) atoms. The Morgan fingerprint density at radius 1 is 1.32 bits per heavy atom. The fraction of sp³-hybridized carbons (Fsp3) is 0.471. The number of aliphatic hydroxyl groups excluding tert-OH is 1. The SMILES string of the molecule is Cc1nc(CO)cc(-n2ncc3c2=CC(C2CCC2)CC=3)n1. The van der Waals surface area contributed by atoms with Gasteiger partial charge in [-0.15, -0.1) is 0 Å². The van der Waals surface area contributed by atoms with E-state index in [-0.39, 0.29) is 6.61 Å². The molecule has 5 heteroatoms. The van der Waals surface area contributed by atoms with Crippen LogP contribution in [0.1, 0.15) is 37.2 Å². The van der Waals surface area contributed by atoms with E-state index in [1.807, 2.05) is 17.8 Å². The molecule has 5 nitrogen and oxygen atoms in total. The second-order valence-corrected chi connectivity index (χ2v) is 6.28. The van der Waals surface area contributed by atoms with Crippen LogP contribution in [0.5, 0.6) is 0 Å². The monoisotopic (exact) mass is 296 g/mol. The standard InChI is InChI=1S/C17H20N4O/c1-11-19-15(10-22)8-17(20-11)21-16-7-13(12-3-2-4-12)5-6-14(16)9-18-21/h6-9,12-13,22H,2-5,10H2,1H3. The fourth-order valence-electron chi connectivity index (χ4n) is 3.41. The van der Waals surface area contributed by atoms with Gasteiger partial charge in [0.2, 0.25) is 0 Å². The van der Waals surface area contributed by atoms with Gasteiger partial charge >= 0.3 is 0 Å². The molecule has 0 spiro atoms. The molecule has 0 amide bonds. The number of nitrogens with zero attached hydrogens (tertiary/aromatic N) is 4. The lowest BCUT2D eigenvalue weighted by Crippen LogP contribution is -2.35. The summed E-state index contributed by atoms with van der Waals surface area (Å²) in [4.78, 5) is 8.70. The van der Waals surface area contributed by atoms with Crippen LogP contribution in [0.3, 0.4) is 0 Å². The number of hydrogen-bond acceptors (Lipinski definition) is 4. The van der Waals surface area contributed by atoms with E-state index < -0.39 is 0 Å². The Labute approximate surface area is 129 Å². The van der Waals surface area contributed by atoms with Crippen LogP contribution >= 0.6 is 0 Å². The number of hydrogen-bond donors (Lipinski definition) is 1. The summed E-state index contributed by atoms with van der Waals surface area (Å²) in [6.07, 6.45) is 11.7. The third-order valence-corrected chi connectivity index (χ3v) is 4.83. The van der Waals surface area contributed by atoms with Crippen molar-refractivity contribution in [1.29, 1.82) is 0 Å². The van der Waals surface area contributed by atoms with Gasteiger partial charge in [-0.3, -0.25) is 0 Å². The molecular formula is C17H20N4O. The Balaban J connectivity index is 1.82. The van der Waals surface area contributed by atoms with Gasteiger partial charge in [-0.25, -0.2) is 14.6 Å². The Morgan fingerprint density at radius 2 is 2.18 bits per heavy atom. The van der Waals surface area contributed by atoms with Crippen molar-refractivity contribution in [3.05, 3.63) is 34.3 Å². The largest absolute Gasteiger partial charge is 0.390 e. The van der Waals surface area contributed by atoms with Crippen LogP contribution in [-0.4, -0.2) is 24.9 Å². The Kier molecular flexibility index (Phi) is 3.30. The van der Waals surface area contributed by atoms with E-state index in [9.17, 15) is 5.11 Å². The van der Waals surface area contributed by atoms with Crippen molar-refractivity contribution in [3.8, 4) is 5.82 Å². The maximum atomic E-state index is 9.34. The third-order valence-electron chi connectivity index (χ3n) is 4.83. The lowest BCUT2D eigenvalue weighted by atomic mass is 9.73. The quantitative estimate of drug-likeness (QED) is 0.912. The molecule has 1 fully saturated rings. The summed E-state index contributed by atoms with van der Waals surface area (Å²) < 4.78 is 1.88. The molecule has 1 saturated carbocycles. The predicted molar refractivity (Wildman–Crippen MR) is 83.4 cm³/mol. The van der Waals surface area contributed by atoms with E-state index in [1.165, 1.54) is 24.5 Å². The molecule has 2 aromatic rings. The van der Waals surface area contributed by atoms with E-state index in [0.29, 0.717) is 17.4 Å². The number of aromatic nitrogens is 4. The Morgan fingerprint density at radius 3 is 2.91 bits per heavy atom. The lowest BCUT2D eigenvalue weighted by Gasteiger charge is -2.32. The zero-order valence-corrected chi connectivity index (χ0v) is 12.7. The molecule has 114 valence electrons. The second-order valence-electron chi connectivity index (χ2n) is 6.28. The number of fused-ring (bicyclic) bond motifs is 1. The summed E-state index contributed by atoms with van der Waals surface area (Å²) in [6, 6.07) is 1.81. The molecule has 2 heterocycles. The molecule has 1 unspecified atom stereocenters. The fourth-order valence-corrected chi connectivity index (χ4v) is 3.41. The van der Waals surface area contributed by atoms with E-state index in [0.717, 1.165) is 23.5 Å². The number of aryl methyl sites for hydroxylation is 1. The summed E-state index contributed by atoms with van der Waals surface area (Å²) in [5, 5.41) is 16.2. The first kappa shape index (κ1) is 13.6. The zero-order valence-electron chi connectivity index (χ0n) is 12.7. The molecule has 0 saturated heterocycles. The van der Waals surface area contributed by atoms with Crippen LogP contribution in [0.25, 0.3) is 18.0 Å². The Hall–Kier alpha value is -2.01. The van der Waals surface area contributed by atoms with Gasteiger partial charge in [0.25, 0.3) is 0 Å². The lowest BCUT2D eigenvalue weighted by molar-refractivity contribution is 0.255. The number of aliphatic hydroxyl groups is 1. The van der Waals surface area contributed by atoms with Gasteiger partial charge in [0, 0.05) is 11.3 Å². The van der Waals surface area contributed by atoms with Gasteiger partial charge in [-0.2, -0.15) is 5.10 Å². The molecule has 2 aliphatic carbocycles. The van der Waals surface area contributed by atoms with Gasteiger partial charge < -0.3 is 5.11 Å². The van der Waals surface area contributed by atoms with Crippen molar-refractivity contribution in [2.24, 2.45) is 11.8 Å². The molecule has 1 N–H and O–H groups in total. The van der Waals surface area contributed by atoms with E-state index in [1.54, 1.807) is 6.07 Å². The summed E-state index contributed by atoms with van der Waals surface area (Å²) in [5.74, 6) is 2.84. The molecule has 2 aromatic heterocycles. The van der Waals surface area contributed by atoms with Crippen molar-refractivity contribution < 1.29 is 5.11 Å². The molecular weight excluding hydrogens is 276 g/mol. The minimum absolute atomic E-state index is 0.0830. The van der Waals surface area contributed by atoms with Gasteiger partial charge in [0.1, 0.15) is 5.82 Å². The van der Waals surface area contributed by atoms with Crippen LogP contribution in [0.15, 0.2) is 12.3 Å². The van der Waals surface area contributed by atoms with Gasteiger partial charge in [-0.05, 0) is 38.0 Å². The smallest absolute Gasteiger partial charge is 0.158 e. The minimum atomic E-state index is -0.0830. The minimum Gasteiger partial charge on any atom is -0.390 e. The highest BCUT2D eigenvalue weighted by molar-refractivity contribution is 5.41. The normalized spacial score (nSPS) is 20.7. The van der Waals surface area contributed by atoms with Crippen molar-refractivity contribution in [2.75, 3.05) is 0 Å². The second kappa shape index (κ2) is 5.32. The summed E-state index contributed by atoms with van der Waals surface area (Å²) in [6.45, 7) is 1.76. The van der Waals surface area contributed by atoms with Crippen LogP contribution < -0.4 is 10.6 Å². The first-order valence-corrected chi connectivity index (χ1v) is 7.96. The van der Waals surface area contributed by atoms with E-state index in [4.69, 9.17) is 0 Å². The first-order chi connectivity index (χ1) is 10.7. The average Bonchev–Trinajstić information content (AvgIpc) is 2.88. The van der Waals surface area contributed by atoms with E-state index >= 15 is 0 Å². The topological polar surface area (TPSA) is 63.8 Å². The van der Waals surface area contributed by atoms with Gasteiger partial charge in [0.15, 0.2) is 5.82 Å². The molecule has 4 rings (SSSR count). The molecule has 1 atom stereocenters. The highest BCUT2D eigenvalue weighted by Crippen LogP contribution is 2.36. The molecule has 2 aliphatic rings. The average molecular weight is 296 g/mol. The summed E-state index contributed by atoms with van der Waals surface area (Å²) in [5.41, 5.74) is 0.627. The predicted octanol–water partition coefficient (Wildman–Crippen LogP) is 0.844. The van der Waals surface area contributed by atoms with E-state index in [2.05, 4.69) is 27.2 Å². The van der Waals surface area contributed by atoms with Crippen molar-refractivity contribution in [1.82, 2.24) is 19.7 Å².